The Labute approximate surface area is 133 Å². The monoisotopic (exact) mass is 327 g/mol. The Bertz CT molecular complexity index is 497. The van der Waals surface area contributed by atoms with Gasteiger partial charge in [0.2, 0.25) is 0 Å². The number of aromatic nitrogens is 1. The number of hydrogen-bond donors (Lipinski definition) is 1. The van der Waals surface area contributed by atoms with Gasteiger partial charge in [-0.1, -0.05) is 31.0 Å². The van der Waals surface area contributed by atoms with E-state index in [1.54, 1.807) is 11.8 Å². The van der Waals surface area contributed by atoms with Crippen LogP contribution in [0.4, 0.5) is 0 Å². The van der Waals surface area contributed by atoms with Crippen molar-refractivity contribution < 1.29 is 14.6 Å². The molecular weight excluding hydrogens is 306 g/mol. The molecule has 4 nitrogen and oxygen atoms in total. The minimum Gasteiger partial charge on any atom is -0.481 e. The summed E-state index contributed by atoms with van der Waals surface area (Å²) in [4.78, 5) is 15.0. The maximum atomic E-state index is 10.7. The summed E-state index contributed by atoms with van der Waals surface area (Å²) in [5.41, 5.74) is 0.840. The summed E-state index contributed by atoms with van der Waals surface area (Å²) >= 11 is 3.24. The van der Waals surface area contributed by atoms with Gasteiger partial charge in [0.25, 0.3) is 0 Å². The topological polar surface area (TPSA) is 59.4 Å². The summed E-state index contributed by atoms with van der Waals surface area (Å²) in [6.07, 6.45) is 9.15. The highest BCUT2D eigenvalue weighted by molar-refractivity contribution is 8.01. The van der Waals surface area contributed by atoms with Crippen LogP contribution in [0.1, 0.15) is 50.6 Å². The molecule has 1 spiro atoms. The quantitative estimate of drug-likeness (QED) is 0.835. The lowest BCUT2D eigenvalue weighted by molar-refractivity contribution is -0.136. The van der Waals surface area contributed by atoms with Gasteiger partial charge in [0, 0.05) is 11.1 Å². The van der Waals surface area contributed by atoms with E-state index in [0.717, 1.165) is 16.5 Å². The second-order valence-corrected chi connectivity index (χ2v) is 8.13. The molecular formula is C15H21NO3S2. The molecule has 2 aliphatic rings. The van der Waals surface area contributed by atoms with Crippen molar-refractivity contribution >= 4 is 29.1 Å². The van der Waals surface area contributed by atoms with E-state index in [-0.39, 0.29) is 12.0 Å². The van der Waals surface area contributed by atoms with Crippen molar-refractivity contribution in [3.63, 3.8) is 0 Å². The van der Waals surface area contributed by atoms with Gasteiger partial charge in [-0.2, -0.15) is 0 Å². The smallest absolute Gasteiger partial charge is 0.309 e. The zero-order valence-corrected chi connectivity index (χ0v) is 13.7. The number of aliphatic carboxylic acids is 1. The van der Waals surface area contributed by atoms with Crippen LogP contribution in [0.25, 0.3) is 0 Å². The van der Waals surface area contributed by atoms with E-state index in [1.165, 1.54) is 49.9 Å². The van der Waals surface area contributed by atoms with Crippen molar-refractivity contribution in [1.29, 1.82) is 0 Å². The molecule has 0 radical (unpaired) electrons. The van der Waals surface area contributed by atoms with E-state index in [1.807, 2.05) is 5.38 Å². The zero-order valence-electron chi connectivity index (χ0n) is 12.0. The first kappa shape index (κ1) is 15.3. The van der Waals surface area contributed by atoms with Gasteiger partial charge in [0.1, 0.15) is 4.34 Å². The first-order chi connectivity index (χ1) is 10.2. The fraction of sp³-hybridized carbons (Fsp3) is 0.733. The molecule has 1 aliphatic carbocycles. The van der Waals surface area contributed by atoms with Crippen molar-refractivity contribution in [2.45, 2.75) is 67.4 Å². The molecule has 2 fully saturated rings. The highest BCUT2D eigenvalue weighted by Crippen LogP contribution is 2.43. The minimum absolute atomic E-state index is 0.0140. The van der Waals surface area contributed by atoms with Crippen LogP contribution in [0.15, 0.2) is 9.72 Å². The van der Waals surface area contributed by atoms with Crippen LogP contribution in [-0.4, -0.2) is 33.5 Å². The summed E-state index contributed by atoms with van der Waals surface area (Å²) in [6, 6.07) is 0. The number of carboxylic acid groups (broad SMARTS) is 1. The Hall–Kier alpha value is -0.590. The van der Waals surface area contributed by atoms with Gasteiger partial charge in [-0.25, -0.2) is 4.98 Å². The summed E-state index contributed by atoms with van der Waals surface area (Å²) < 4.78 is 7.30. The average Bonchev–Trinajstić information content (AvgIpc) is 3.05. The van der Waals surface area contributed by atoms with E-state index >= 15 is 0 Å². The summed E-state index contributed by atoms with van der Waals surface area (Å²) in [5.74, 6) is 0.108. The van der Waals surface area contributed by atoms with Crippen LogP contribution in [0, 0.1) is 0 Å². The molecule has 21 heavy (non-hydrogen) atoms. The molecule has 2 heterocycles. The third-order valence-electron chi connectivity index (χ3n) is 4.36. The Morgan fingerprint density at radius 3 is 3.00 bits per heavy atom. The van der Waals surface area contributed by atoms with Gasteiger partial charge in [0.05, 0.1) is 23.8 Å². The molecule has 6 heteroatoms. The Morgan fingerprint density at radius 1 is 1.43 bits per heavy atom. The molecule has 0 aromatic carbocycles. The fourth-order valence-corrected chi connectivity index (χ4v) is 5.24. The minimum atomic E-state index is -0.824. The third-order valence-corrected chi connectivity index (χ3v) is 6.56. The SMILES string of the molecule is O=C(O)Cc1csc(SCC2CCC3(CCCCC3)O2)n1. The number of thioether (sulfide) groups is 1. The molecule has 1 aromatic heterocycles. The molecule has 0 amide bonds. The molecule has 1 atom stereocenters. The van der Waals surface area contributed by atoms with Crippen molar-refractivity contribution in [3.05, 3.63) is 11.1 Å². The lowest BCUT2D eigenvalue weighted by Gasteiger charge is -2.33. The third kappa shape index (κ3) is 3.99. The average molecular weight is 327 g/mol. The maximum absolute atomic E-state index is 10.7. The number of ether oxygens (including phenoxy) is 1. The van der Waals surface area contributed by atoms with Gasteiger partial charge in [-0.05, 0) is 25.7 Å². The van der Waals surface area contributed by atoms with Gasteiger partial charge in [-0.15, -0.1) is 11.3 Å². The molecule has 0 bridgehead atoms. The number of carboxylic acids is 1. The lowest BCUT2D eigenvalue weighted by Crippen LogP contribution is -2.32. The Morgan fingerprint density at radius 2 is 2.24 bits per heavy atom. The zero-order chi connectivity index (χ0) is 14.7. The lowest BCUT2D eigenvalue weighted by atomic mass is 9.83. The van der Waals surface area contributed by atoms with Gasteiger partial charge in [-0.3, -0.25) is 4.79 Å². The summed E-state index contributed by atoms with van der Waals surface area (Å²) in [6.45, 7) is 0. The summed E-state index contributed by atoms with van der Waals surface area (Å²) in [5, 5.41) is 10.6. The van der Waals surface area contributed by atoms with Crippen LogP contribution < -0.4 is 0 Å². The van der Waals surface area contributed by atoms with Crippen molar-refractivity contribution in [3.8, 4) is 0 Å². The first-order valence-electron chi connectivity index (χ1n) is 7.62. The second kappa shape index (κ2) is 6.67. The van der Waals surface area contributed by atoms with E-state index in [4.69, 9.17) is 9.84 Å². The number of carbonyl (C=O) groups is 1. The molecule has 1 aromatic rings. The van der Waals surface area contributed by atoms with E-state index in [0.29, 0.717) is 11.8 Å². The molecule has 1 unspecified atom stereocenters. The highest BCUT2D eigenvalue weighted by atomic mass is 32.2. The number of thiazole rings is 1. The second-order valence-electron chi connectivity index (χ2n) is 6.01. The van der Waals surface area contributed by atoms with Crippen LogP contribution in [0.3, 0.4) is 0 Å². The first-order valence-corrected chi connectivity index (χ1v) is 9.49. The number of nitrogens with zero attached hydrogens (tertiary/aromatic N) is 1. The predicted octanol–water partition coefficient (Wildman–Crippen LogP) is 3.74. The van der Waals surface area contributed by atoms with Crippen molar-refractivity contribution in [1.82, 2.24) is 4.98 Å². The van der Waals surface area contributed by atoms with Crippen molar-refractivity contribution in [2.75, 3.05) is 5.75 Å². The van der Waals surface area contributed by atoms with E-state index in [2.05, 4.69) is 4.98 Å². The van der Waals surface area contributed by atoms with Gasteiger partial charge in [0.15, 0.2) is 0 Å². The highest BCUT2D eigenvalue weighted by Gasteiger charge is 2.40. The summed E-state index contributed by atoms with van der Waals surface area (Å²) in [7, 11) is 0. The molecule has 1 saturated heterocycles. The van der Waals surface area contributed by atoms with Gasteiger partial charge >= 0.3 is 5.97 Å². The maximum Gasteiger partial charge on any atom is 0.309 e. The largest absolute Gasteiger partial charge is 0.481 e. The number of hydrogen-bond acceptors (Lipinski definition) is 5. The van der Waals surface area contributed by atoms with Crippen molar-refractivity contribution in [2.24, 2.45) is 0 Å². The Balaban J connectivity index is 1.47. The fourth-order valence-electron chi connectivity index (χ4n) is 3.33. The Kier molecular flexibility index (Phi) is 4.86. The standard InChI is InChI=1S/C15H21NO3S2/c17-13(18)8-11-9-20-14(16-11)21-10-12-4-7-15(19-12)5-2-1-3-6-15/h9,12H,1-8,10H2,(H,17,18). The van der Waals surface area contributed by atoms with E-state index < -0.39 is 5.97 Å². The van der Waals surface area contributed by atoms with Crippen LogP contribution in [-0.2, 0) is 16.0 Å². The molecule has 3 rings (SSSR count). The predicted molar refractivity (Wildman–Crippen MR) is 84.1 cm³/mol. The van der Waals surface area contributed by atoms with Crippen LogP contribution >= 0.6 is 23.1 Å². The van der Waals surface area contributed by atoms with E-state index in [9.17, 15) is 4.79 Å². The van der Waals surface area contributed by atoms with Gasteiger partial charge < -0.3 is 9.84 Å². The molecule has 1 aliphatic heterocycles. The normalized spacial score (nSPS) is 24.5. The molecule has 116 valence electrons. The molecule has 1 saturated carbocycles. The number of rotatable bonds is 5. The van der Waals surface area contributed by atoms with Crippen LogP contribution in [0.5, 0.6) is 0 Å². The van der Waals surface area contributed by atoms with Crippen LogP contribution in [0.2, 0.25) is 0 Å². The molecule has 1 N–H and O–H groups in total.